The van der Waals surface area contributed by atoms with E-state index < -0.39 is 0 Å². The van der Waals surface area contributed by atoms with Gasteiger partial charge < -0.3 is 10.2 Å². The summed E-state index contributed by atoms with van der Waals surface area (Å²) in [6, 6.07) is 0.643. The summed E-state index contributed by atoms with van der Waals surface area (Å²) in [7, 11) is 3.62. The van der Waals surface area contributed by atoms with Crippen molar-refractivity contribution in [2.75, 3.05) is 20.6 Å². The number of hydrogen-bond donors (Lipinski definition) is 1. The van der Waals surface area contributed by atoms with Crippen molar-refractivity contribution in [2.45, 2.75) is 38.6 Å². The number of amides is 1. The third-order valence-electron chi connectivity index (χ3n) is 2.86. The first-order chi connectivity index (χ1) is 6.61. The molecule has 1 N–H and O–H groups in total. The van der Waals surface area contributed by atoms with E-state index >= 15 is 0 Å². The predicted octanol–water partition coefficient (Wildman–Crippen LogP) is 1.24. The molecule has 3 heteroatoms. The van der Waals surface area contributed by atoms with E-state index in [2.05, 4.69) is 12.2 Å². The standard InChI is InChI=1S/C11H22N2O/c1-9(10-6-7-10)12-8-4-5-11(14)13(2)3/h9-10,12H,4-8H2,1-3H3. The molecular formula is C11H22N2O. The first-order valence-electron chi connectivity index (χ1n) is 5.55. The summed E-state index contributed by atoms with van der Waals surface area (Å²) in [6.45, 7) is 3.21. The van der Waals surface area contributed by atoms with Crippen LogP contribution in [0.3, 0.4) is 0 Å². The molecule has 1 rings (SSSR count). The summed E-state index contributed by atoms with van der Waals surface area (Å²) in [5, 5.41) is 3.47. The lowest BCUT2D eigenvalue weighted by Gasteiger charge is -2.13. The molecule has 1 fully saturated rings. The Labute approximate surface area is 86.9 Å². The van der Waals surface area contributed by atoms with Gasteiger partial charge >= 0.3 is 0 Å². The van der Waals surface area contributed by atoms with Gasteiger partial charge in [0.2, 0.25) is 5.91 Å². The van der Waals surface area contributed by atoms with Crippen molar-refractivity contribution in [1.29, 1.82) is 0 Å². The van der Waals surface area contributed by atoms with Gasteiger partial charge in [0.15, 0.2) is 0 Å². The topological polar surface area (TPSA) is 32.3 Å². The summed E-state index contributed by atoms with van der Waals surface area (Å²) in [5.41, 5.74) is 0. The van der Waals surface area contributed by atoms with Crippen LogP contribution in [-0.4, -0.2) is 37.5 Å². The lowest BCUT2D eigenvalue weighted by Crippen LogP contribution is -2.30. The molecule has 1 saturated carbocycles. The van der Waals surface area contributed by atoms with Crippen molar-refractivity contribution in [2.24, 2.45) is 5.92 Å². The molecule has 0 aliphatic heterocycles. The Morgan fingerprint density at radius 3 is 2.64 bits per heavy atom. The number of nitrogens with zero attached hydrogens (tertiary/aromatic N) is 1. The molecule has 0 aromatic carbocycles. The Morgan fingerprint density at radius 2 is 2.14 bits per heavy atom. The van der Waals surface area contributed by atoms with Crippen LogP contribution in [-0.2, 0) is 4.79 Å². The van der Waals surface area contributed by atoms with E-state index in [4.69, 9.17) is 0 Å². The minimum atomic E-state index is 0.228. The summed E-state index contributed by atoms with van der Waals surface area (Å²) >= 11 is 0. The summed E-state index contributed by atoms with van der Waals surface area (Å²) in [5.74, 6) is 1.13. The highest BCUT2D eigenvalue weighted by Gasteiger charge is 2.27. The van der Waals surface area contributed by atoms with Crippen LogP contribution >= 0.6 is 0 Å². The highest BCUT2D eigenvalue weighted by molar-refractivity contribution is 5.75. The fourth-order valence-electron chi connectivity index (χ4n) is 1.56. The molecule has 0 bridgehead atoms. The zero-order chi connectivity index (χ0) is 10.6. The van der Waals surface area contributed by atoms with Crippen molar-refractivity contribution in [1.82, 2.24) is 10.2 Å². The minimum absolute atomic E-state index is 0.228. The van der Waals surface area contributed by atoms with Gasteiger partial charge in [-0.15, -0.1) is 0 Å². The van der Waals surface area contributed by atoms with Crippen LogP contribution in [0.4, 0.5) is 0 Å². The van der Waals surface area contributed by atoms with Gasteiger partial charge in [-0.3, -0.25) is 4.79 Å². The van der Waals surface area contributed by atoms with Crippen LogP contribution in [0.25, 0.3) is 0 Å². The maximum Gasteiger partial charge on any atom is 0.222 e. The summed E-state index contributed by atoms with van der Waals surface area (Å²) in [6.07, 6.45) is 4.38. The molecule has 82 valence electrons. The first kappa shape index (κ1) is 11.5. The lowest BCUT2D eigenvalue weighted by atomic mass is 10.2. The van der Waals surface area contributed by atoms with Gasteiger partial charge in [0, 0.05) is 26.6 Å². The SMILES string of the molecule is CC(NCCCC(=O)N(C)C)C1CC1. The van der Waals surface area contributed by atoms with Crippen molar-refractivity contribution >= 4 is 5.91 Å². The Hall–Kier alpha value is -0.570. The molecule has 1 unspecified atom stereocenters. The molecule has 0 aromatic rings. The summed E-state index contributed by atoms with van der Waals surface area (Å²) in [4.78, 5) is 12.9. The van der Waals surface area contributed by atoms with Gasteiger partial charge in [0.05, 0.1) is 0 Å². The molecule has 0 saturated heterocycles. The van der Waals surface area contributed by atoms with E-state index in [1.54, 1.807) is 4.90 Å². The van der Waals surface area contributed by atoms with Gasteiger partial charge in [0.1, 0.15) is 0 Å². The lowest BCUT2D eigenvalue weighted by molar-refractivity contribution is -0.128. The number of nitrogens with one attached hydrogen (secondary N) is 1. The zero-order valence-electron chi connectivity index (χ0n) is 9.55. The highest BCUT2D eigenvalue weighted by atomic mass is 16.2. The second-order valence-electron chi connectivity index (χ2n) is 4.47. The predicted molar refractivity (Wildman–Crippen MR) is 58.1 cm³/mol. The van der Waals surface area contributed by atoms with E-state index in [0.717, 1.165) is 18.9 Å². The highest BCUT2D eigenvalue weighted by Crippen LogP contribution is 2.32. The molecule has 0 heterocycles. The van der Waals surface area contributed by atoms with Gasteiger partial charge in [-0.1, -0.05) is 0 Å². The number of rotatable bonds is 6. The van der Waals surface area contributed by atoms with Crippen LogP contribution in [0.15, 0.2) is 0 Å². The Kier molecular flexibility index (Phi) is 4.39. The quantitative estimate of drug-likeness (QED) is 0.651. The third-order valence-corrected chi connectivity index (χ3v) is 2.86. The number of carbonyl (C=O) groups excluding carboxylic acids is 1. The zero-order valence-corrected chi connectivity index (χ0v) is 9.55. The van der Waals surface area contributed by atoms with Crippen LogP contribution in [0.5, 0.6) is 0 Å². The molecule has 1 aliphatic rings. The van der Waals surface area contributed by atoms with Crippen LogP contribution < -0.4 is 5.32 Å². The van der Waals surface area contributed by atoms with Crippen LogP contribution in [0.1, 0.15) is 32.6 Å². The fourth-order valence-corrected chi connectivity index (χ4v) is 1.56. The van der Waals surface area contributed by atoms with Crippen molar-refractivity contribution in [3.8, 4) is 0 Å². The Morgan fingerprint density at radius 1 is 1.50 bits per heavy atom. The van der Waals surface area contributed by atoms with E-state index in [-0.39, 0.29) is 5.91 Å². The Bertz CT molecular complexity index is 188. The summed E-state index contributed by atoms with van der Waals surface area (Å²) < 4.78 is 0. The van der Waals surface area contributed by atoms with E-state index in [1.165, 1.54) is 12.8 Å². The molecule has 3 nitrogen and oxygen atoms in total. The van der Waals surface area contributed by atoms with Crippen molar-refractivity contribution < 1.29 is 4.79 Å². The molecule has 1 amide bonds. The molecule has 14 heavy (non-hydrogen) atoms. The molecule has 1 atom stereocenters. The second-order valence-corrected chi connectivity index (χ2v) is 4.47. The molecule has 0 radical (unpaired) electrons. The smallest absolute Gasteiger partial charge is 0.222 e. The van der Waals surface area contributed by atoms with Gasteiger partial charge in [-0.25, -0.2) is 0 Å². The van der Waals surface area contributed by atoms with E-state index in [1.807, 2.05) is 14.1 Å². The average Bonchev–Trinajstić information content (AvgIpc) is 2.94. The van der Waals surface area contributed by atoms with E-state index in [0.29, 0.717) is 12.5 Å². The van der Waals surface area contributed by atoms with Crippen LogP contribution in [0, 0.1) is 5.92 Å². The monoisotopic (exact) mass is 198 g/mol. The molecular weight excluding hydrogens is 176 g/mol. The first-order valence-corrected chi connectivity index (χ1v) is 5.55. The van der Waals surface area contributed by atoms with Crippen molar-refractivity contribution in [3.05, 3.63) is 0 Å². The second kappa shape index (κ2) is 5.35. The molecule has 0 aromatic heterocycles. The van der Waals surface area contributed by atoms with Gasteiger partial charge in [-0.2, -0.15) is 0 Å². The van der Waals surface area contributed by atoms with Gasteiger partial charge in [-0.05, 0) is 38.6 Å². The molecule has 1 aliphatic carbocycles. The average molecular weight is 198 g/mol. The third kappa shape index (κ3) is 4.09. The largest absolute Gasteiger partial charge is 0.349 e. The fraction of sp³-hybridized carbons (Fsp3) is 0.909. The van der Waals surface area contributed by atoms with Crippen molar-refractivity contribution in [3.63, 3.8) is 0 Å². The Balaban J connectivity index is 1.95. The number of hydrogen-bond acceptors (Lipinski definition) is 2. The van der Waals surface area contributed by atoms with E-state index in [9.17, 15) is 4.79 Å². The number of carbonyl (C=O) groups is 1. The normalized spacial score (nSPS) is 17.9. The maximum atomic E-state index is 11.2. The van der Waals surface area contributed by atoms with Gasteiger partial charge in [0.25, 0.3) is 0 Å². The minimum Gasteiger partial charge on any atom is -0.349 e. The van der Waals surface area contributed by atoms with Crippen LogP contribution in [0.2, 0.25) is 0 Å². The maximum absolute atomic E-state index is 11.2. The molecule has 0 spiro atoms.